The van der Waals surface area contributed by atoms with E-state index in [-0.39, 0.29) is 12.7 Å². The fourth-order valence-electron chi connectivity index (χ4n) is 3.98. The number of anilines is 2. The lowest BCUT2D eigenvalue weighted by Crippen LogP contribution is -2.51. The lowest BCUT2D eigenvalue weighted by molar-refractivity contribution is 0.0459. The molecule has 0 aliphatic carbocycles. The Kier molecular flexibility index (Phi) is 5.44. The zero-order valence-corrected chi connectivity index (χ0v) is 18.1. The van der Waals surface area contributed by atoms with E-state index in [2.05, 4.69) is 30.4 Å². The fraction of sp³-hybridized carbons (Fsp3) is 0.364. The second-order valence-electron chi connectivity index (χ2n) is 7.94. The number of alkyl halides is 1. The summed E-state index contributed by atoms with van der Waals surface area (Å²) in [5.41, 5.74) is 3.62. The number of nitrogens with one attached hydrogen (secondary N) is 1. The van der Waals surface area contributed by atoms with E-state index in [4.69, 9.17) is 4.74 Å². The SMILES string of the molecule is Cc1cncc(Nc2cc3cc(-c4c(OC[C@H]5CCN5CCF)cnn4C)ccn3n2)n1. The van der Waals surface area contributed by atoms with E-state index >= 15 is 0 Å². The molecule has 10 heteroatoms. The fourth-order valence-corrected chi connectivity index (χ4v) is 3.98. The summed E-state index contributed by atoms with van der Waals surface area (Å²) in [7, 11) is 1.89. The van der Waals surface area contributed by atoms with Crippen LogP contribution in [0.2, 0.25) is 0 Å². The summed E-state index contributed by atoms with van der Waals surface area (Å²) < 4.78 is 22.4. The van der Waals surface area contributed by atoms with Crippen molar-refractivity contribution >= 4 is 17.2 Å². The predicted molar refractivity (Wildman–Crippen MR) is 119 cm³/mol. The molecule has 4 aromatic heterocycles. The van der Waals surface area contributed by atoms with Gasteiger partial charge in [-0.15, -0.1) is 0 Å². The van der Waals surface area contributed by atoms with Crippen molar-refractivity contribution in [2.24, 2.45) is 7.05 Å². The van der Waals surface area contributed by atoms with E-state index in [0.717, 1.165) is 41.2 Å². The number of aromatic nitrogens is 6. The van der Waals surface area contributed by atoms with Crippen molar-refractivity contribution in [1.82, 2.24) is 34.3 Å². The molecule has 4 aromatic rings. The molecule has 9 nitrogen and oxygen atoms in total. The number of fused-ring (bicyclic) bond motifs is 1. The van der Waals surface area contributed by atoms with Gasteiger partial charge in [-0.25, -0.2) is 13.9 Å². The number of hydrogen-bond acceptors (Lipinski definition) is 7. The monoisotopic (exact) mass is 436 g/mol. The summed E-state index contributed by atoms with van der Waals surface area (Å²) in [6.07, 6.45) is 8.04. The molecule has 0 saturated carbocycles. The van der Waals surface area contributed by atoms with Gasteiger partial charge in [-0.1, -0.05) is 0 Å². The summed E-state index contributed by atoms with van der Waals surface area (Å²) in [5.74, 6) is 2.05. The third-order valence-corrected chi connectivity index (χ3v) is 5.72. The van der Waals surface area contributed by atoms with E-state index in [9.17, 15) is 4.39 Å². The van der Waals surface area contributed by atoms with Crippen molar-refractivity contribution in [2.45, 2.75) is 19.4 Å². The quantitative estimate of drug-likeness (QED) is 0.454. The second-order valence-corrected chi connectivity index (χ2v) is 7.94. The van der Waals surface area contributed by atoms with E-state index in [0.29, 0.717) is 24.8 Å². The Hall–Kier alpha value is -3.53. The van der Waals surface area contributed by atoms with Crippen LogP contribution in [0.1, 0.15) is 12.1 Å². The molecule has 0 bridgehead atoms. The first-order valence-corrected chi connectivity index (χ1v) is 10.6. The Morgan fingerprint density at radius 3 is 2.91 bits per heavy atom. The molecule has 5 rings (SSSR count). The Balaban J connectivity index is 1.36. The van der Waals surface area contributed by atoms with Crippen molar-refractivity contribution in [3.05, 3.63) is 48.7 Å². The van der Waals surface area contributed by atoms with E-state index in [1.807, 2.05) is 38.4 Å². The van der Waals surface area contributed by atoms with Gasteiger partial charge in [0.15, 0.2) is 11.6 Å². The summed E-state index contributed by atoms with van der Waals surface area (Å²) in [4.78, 5) is 10.7. The highest BCUT2D eigenvalue weighted by Gasteiger charge is 2.28. The largest absolute Gasteiger partial charge is 0.488 e. The summed E-state index contributed by atoms with van der Waals surface area (Å²) >= 11 is 0. The van der Waals surface area contributed by atoms with Crippen molar-refractivity contribution in [3.8, 4) is 17.0 Å². The highest BCUT2D eigenvalue weighted by Crippen LogP contribution is 2.31. The highest BCUT2D eigenvalue weighted by atomic mass is 19.1. The topological polar surface area (TPSA) is 85.4 Å². The molecule has 32 heavy (non-hydrogen) atoms. The highest BCUT2D eigenvalue weighted by molar-refractivity contribution is 5.72. The van der Waals surface area contributed by atoms with Crippen LogP contribution >= 0.6 is 0 Å². The molecule has 0 unspecified atom stereocenters. The standard InChI is InChI=1S/C22H25FN8O/c1-15-11-24-13-21(26-15)27-20-10-18-9-16(3-7-31(18)28-20)22-19(12-25-29(22)2)32-14-17-4-6-30(17)8-5-23/h3,7,9-13,17H,4-6,8,14H2,1-2H3,(H,26,27,28)/t17-/m1/s1. The molecular formula is C22H25FN8O. The molecule has 1 saturated heterocycles. The van der Waals surface area contributed by atoms with Crippen LogP contribution in [-0.4, -0.2) is 66.7 Å². The van der Waals surface area contributed by atoms with Crippen LogP contribution in [-0.2, 0) is 7.05 Å². The molecule has 0 aromatic carbocycles. The molecule has 166 valence electrons. The molecule has 0 spiro atoms. The van der Waals surface area contributed by atoms with Gasteiger partial charge >= 0.3 is 0 Å². The van der Waals surface area contributed by atoms with Gasteiger partial charge in [0.25, 0.3) is 0 Å². The van der Waals surface area contributed by atoms with Crippen LogP contribution in [0.3, 0.4) is 0 Å². The first-order chi connectivity index (χ1) is 15.6. The van der Waals surface area contributed by atoms with Gasteiger partial charge in [0.1, 0.15) is 24.8 Å². The van der Waals surface area contributed by atoms with Crippen molar-refractivity contribution < 1.29 is 9.13 Å². The van der Waals surface area contributed by atoms with E-state index in [1.54, 1.807) is 27.8 Å². The van der Waals surface area contributed by atoms with Crippen LogP contribution in [0, 0.1) is 6.92 Å². The number of rotatable bonds is 8. The third kappa shape index (κ3) is 4.01. The summed E-state index contributed by atoms with van der Waals surface area (Å²) in [6, 6.07) is 6.24. The normalized spacial score (nSPS) is 16.3. The van der Waals surface area contributed by atoms with Crippen LogP contribution in [0.5, 0.6) is 5.75 Å². The van der Waals surface area contributed by atoms with Crippen LogP contribution in [0.4, 0.5) is 16.0 Å². The molecule has 1 aliphatic rings. The maximum absolute atomic E-state index is 12.6. The maximum Gasteiger partial charge on any atom is 0.165 e. The van der Waals surface area contributed by atoms with Gasteiger partial charge in [0.2, 0.25) is 0 Å². The molecule has 1 aliphatic heterocycles. The Labute approximate surface area is 184 Å². The molecule has 1 N–H and O–H groups in total. The number of halogens is 1. The van der Waals surface area contributed by atoms with Crippen molar-refractivity contribution in [2.75, 3.05) is 31.7 Å². The summed E-state index contributed by atoms with van der Waals surface area (Å²) in [5, 5.41) is 12.1. The van der Waals surface area contributed by atoms with Crippen LogP contribution in [0.15, 0.2) is 43.0 Å². The zero-order chi connectivity index (χ0) is 22.1. The van der Waals surface area contributed by atoms with E-state index in [1.165, 1.54) is 0 Å². The minimum Gasteiger partial charge on any atom is -0.488 e. The molecule has 1 atom stereocenters. The average molecular weight is 436 g/mol. The average Bonchev–Trinajstić information content (AvgIpc) is 3.33. The van der Waals surface area contributed by atoms with Gasteiger partial charge in [0, 0.05) is 50.2 Å². The minimum absolute atomic E-state index is 0.259. The lowest BCUT2D eigenvalue weighted by atomic mass is 10.0. The van der Waals surface area contributed by atoms with Gasteiger partial charge in [-0.05, 0) is 25.5 Å². The number of ether oxygens (including phenoxy) is 1. The molecule has 5 heterocycles. The Bertz CT molecular complexity index is 1240. The zero-order valence-electron chi connectivity index (χ0n) is 18.1. The van der Waals surface area contributed by atoms with Gasteiger partial charge in [-0.3, -0.25) is 14.6 Å². The molecular weight excluding hydrogens is 411 g/mol. The summed E-state index contributed by atoms with van der Waals surface area (Å²) in [6.45, 7) is 3.49. The number of pyridine rings is 1. The number of aryl methyl sites for hydroxylation is 2. The minimum atomic E-state index is -0.326. The first-order valence-electron chi connectivity index (χ1n) is 10.6. The second kappa shape index (κ2) is 8.54. The van der Waals surface area contributed by atoms with Gasteiger partial charge in [-0.2, -0.15) is 10.2 Å². The van der Waals surface area contributed by atoms with E-state index < -0.39 is 0 Å². The number of nitrogens with zero attached hydrogens (tertiary/aromatic N) is 7. The smallest absolute Gasteiger partial charge is 0.165 e. The first kappa shape index (κ1) is 20.4. The Morgan fingerprint density at radius 2 is 2.12 bits per heavy atom. The van der Waals surface area contributed by atoms with Gasteiger partial charge in [0.05, 0.1) is 23.6 Å². The van der Waals surface area contributed by atoms with Crippen molar-refractivity contribution in [1.29, 1.82) is 0 Å². The number of likely N-dealkylation sites (tertiary alicyclic amines) is 1. The molecule has 0 amide bonds. The predicted octanol–water partition coefficient (Wildman–Crippen LogP) is 3.00. The Morgan fingerprint density at radius 1 is 1.22 bits per heavy atom. The number of hydrogen-bond donors (Lipinski definition) is 1. The third-order valence-electron chi connectivity index (χ3n) is 5.72. The maximum atomic E-state index is 12.6. The van der Waals surface area contributed by atoms with Crippen LogP contribution in [0.25, 0.3) is 16.8 Å². The molecule has 0 radical (unpaired) electrons. The molecule has 1 fully saturated rings. The van der Waals surface area contributed by atoms with Crippen LogP contribution < -0.4 is 10.1 Å². The van der Waals surface area contributed by atoms with Gasteiger partial charge < -0.3 is 10.1 Å². The van der Waals surface area contributed by atoms with Crippen molar-refractivity contribution in [3.63, 3.8) is 0 Å². The lowest BCUT2D eigenvalue weighted by Gasteiger charge is -2.39.